The van der Waals surface area contributed by atoms with E-state index in [1.54, 1.807) is 18.2 Å². The first-order valence-electron chi connectivity index (χ1n) is 8.47. The molecular weight excluding hydrogens is 326 g/mol. The number of ether oxygens (including phenoxy) is 1. The Bertz CT molecular complexity index is 818. The molecule has 2 aromatic carbocycles. The van der Waals surface area contributed by atoms with E-state index in [2.05, 4.69) is 5.32 Å². The zero-order valence-electron chi connectivity index (χ0n) is 15.3. The Kier molecular flexibility index (Phi) is 6.81. The molecule has 0 saturated heterocycles. The molecule has 0 atom stereocenters. The maximum Gasteiger partial charge on any atom is 0.266 e. The molecule has 0 aromatic heterocycles. The van der Waals surface area contributed by atoms with Gasteiger partial charge in [0, 0.05) is 31.0 Å². The number of hydrogen-bond acceptors (Lipinski definition) is 4. The summed E-state index contributed by atoms with van der Waals surface area (Å²) in [7, 11) is 3.89. The van der Waals surface area contributed by atoms with Crippen molar-refractivity contribution < 1.29 is 9.53 Å². The van der Waals surface area contributed by atoms with Crippen molar-refractivity contribution in [2.24, 2.45) is 0 Å². The molecule has 1 amide bonds. The van der Waals surface area contributed by atoms with Crippen LogP contribution in [0.4, 0.5) is 11.4 Å². The van der Waals surface area contributed by atoms with Gasteiger partial charge < -0.3 is 15.0 Å². The van der Waals surface area contributed by atoms with Gasteiger partial charge in [-0.05, 0) is 42.8 Å². The fraction of sp³-hybridized carbons (Fsp3) is 0.238. The van der Waals surface area contributed by atoms with Crippen molar-refractivity contribution in [2.75, 3.05) is 30.9 Å². The molecule has 0 aliphatic carbocycles. The van der Waals surface area contributed by atoms with Crippen LogP contribution >= 0.6 is 0 Å². The average molecular weight is 349 g/mol. The van der Waals surface area contributed by atoms with Crippen LogP contribution in [0.25, 0.3) is 6.08 Å². The maximum atomic E-state index is 12.4. The van der Waals surface area contributed by atoms with Crippen molar-refractivity contribution in [1.82, 2.24) is 0 Å². The highest BCUT2D eigenvalue weighted by atomic mass is 16.5. The summed E-state index contributed by atoms with van der Waals surface area (Å²) in [6.45, 7) is 2.60. The highest BCUT2D eigenvalue weighted by molar-refractivity contribution is 6.09. The predicted octanol–water partition coefficient (Wildman–Crippen LogP) is 4.09. The largest absolute Gasteiger partial charge is 0.493 e. The van der Waals surface area contributed by atoms with E-state index in [-0.39, 0.29) is 5.57 Å². The quantitative estimate of drug-likeness (QED) is 0.604. The molecule has 0 radical (unpaired) electrons. The van der Waals surface area contributed by atoms with Crippen molar-refractivity contribution in [3.63, 3.8) is 0 Å². The molecule has 0 aliphatic heterocycles. The molecule has 0 spiro atoms. The number of nitrogens with one attached hydrogen (secondary N) is 1. The number of hydrogen-bond donors (Lipinski definition) is 1. The first-order valence-corrected chi connectivity index (χ1v) is 8.47. The summed E-state index contributed by atoms with van der Waals surface area (Å²) >= 11 is 0. The molecule has 2 rings (SSSR count). The smallest absolute Gasteiger partial charge is 0.266 e. The van der Waals surface area contributed by atoms with E-state index >= 15 is 0 Å². The van der Waals surface area contributed by atoms with Gasteiger partial charge in [-0.2, -0.15) is 5.26 Å². The van der Waals surface area contributed by atoms with Gasteiger partial charge in [-0.3, -0.25) is 4.79 Å². The Hall–Kier alpha value is -3.26. The van der Waals surface area contributed by atoms with Crippen LogP contribution in [0, 0.1) is 11.3 Å². The number of carbonyl (C=O) groups excluding carboxylic acids is 1. The molecule has 5 heteroatoms. The number of nitriles is 1. The fourth-order valence-electron chi connectivity index (χ4n) is 2.29. The van der Waals surface area contributed by atoms with Gasteiger partial charge in [0.15, 0.2) is 0 Å². The number of carbonyl (C=O) groups is 1. The monoisotopic (exact) mass is 349 g/mol. The minimum absolute atomic E-state index is 0.0224. The number of anilines is 2. The summed E-state index contributed by atoms with van der Waals surface area (Å²) in [6, 6.07) is 16.7. The first kappa shape index (κ1) is 19.1. The second-order valence-corrected chi connectivity index (χ2v) is 5.95. The first-order chi connectivity index (χ1) is 12.5. The number of para-hydroxylation sites is 1. The Morgan fingerprint density at radius 1 is 1.19 bits per heavy atom. The van der Waals surface area contributed by atoms with Crippen molar-refractivity contribution in [2.45, 2.75) is 13.3 Å². The lowest BCUT2D eigenvalue weighted by Gasteiger charge is -2.13. The van der Waals surface area contributed by atoms with Gasteiger partial charge >= 0.3 is 0 Å². The summed E-state index contributed by atoms with van der Waals surface area (Å²) in [5, 5.41) is 12.1. The fourth-order valence-corrected chi connectivity index (χ4v) is 2.29. The van der Waals surface area contributed by atoms with Gasteiger partial charge in [-0.25, -0.2) is 0 Å². The van der Waals surface area contributed by atoms with E-state index in [4.69, 9.17) is 4.74 Å². The molecule has 1 N–H and O–H groups in total. The Morgan fingerprint density at radius 3 is 2.50 bits per heavy atom. The van der Waals surface area contributed by atoms with E-state index in [1.165, 1.54) is 0 Å². The van der Waals surface area contributed by atoms with Crippen molar-refractivity contribution in [3.8, 4) is 11.8 Å². The third kappa shape index (κ3) is 5.12. The summed E-state index contributed by atoms with van der Waals surface area (Å²) in [5.41, 5.74) is 2.39. The molecule has 0 aliphatic rings. The standard InChI is InChI=1S/C21H23N3O2/c1-4-13-26-20-8-6-5-7-16(20)14-17(15-22)21(25)23-18-9-11-19(12-10-18)24(2)3/h5-12,14H,4,13H2,1-3H3,(H,23,25)/b17-14+. The summed E-state index contributed by atoms with van der Waals surface area (Å²) < 4.78 is 5.67. The molecule has 26 heavy (non-hydrogen) atoms. The minimum atomic E-state index is -0.449. The van der Waals surface area contributed by atoms with Gasteiger partial charge in [-0.15, -0.1) is 0 Å². The van der Waals surface area contributed by atoms with Crippen LogP contribution in [-0.2, 0) is 4.79 Å². The predicted molar refractivity (Wildman–Crippen MR) is 105 cm³/mol. The summed E-state index contributed by atoms with van der Waals surface area (Å²) in [4.78, 5) is 14.4. The molecule has 0 unspecified atom stereocenters. The van der Waals surface area contributed by atoms with E-state index < -0.39 is 5.91 Å². The topological polar surface area (TPSA) is 65.4 Å². The van der Waals surface area contributed by atoms with Crippen LogP contribution in [0.5, 0.6) is 5.75 Å². The van der Waals surface area contributed by atoms with Crippen molar-refractivity contribution in [1.29, 1.82) is 5.26 Å². The van der Waals surface area contributed by atoms with Crippen molar-refractivity contribution >= 4 is 23.4 Å². The van der Waals surface area contributed by atoms with Crippen LogP contribution in [0.2, 0.25) is 0 Å². The minimum Gasteiger partial charge on any atom is -0.493 e. The zero-order chi connectivity index (χ0) is 18.9. The van der Waals surface area contributed by atoms with Crippen molar-refractivity contribution in [3.05, 3.63) is 59.7 Å². The molecule has 5 nitrogen and oxygen atoms in total. The average Bonchev–Trinajstić information content (AvgIpc) is 2.65. The van der Waals surface area contributed by atoms with E-state index in [0.29, 0.717) is 23.6 Å². The molecule has 2 aromatic rings. The zero-order valence-corrected chi connectivity index (χ0v) is 15.3. The second kappa shape index (κ2) is 9.28. The molecular formula is C21H23N3O2. The van der Waals surface area contributed by atoms with E-state index in [1.807, 2.05) is 68.4 Å². The van der Waals surface area contributed by atoms with E-state index in [9.17, 15) is 10.1 Å². The highest BCUT2D eigenvalue weighted by Gasteiger charge is 2.11. The third-order valence-electron chi connectivity index (χ3n) is 3.69. The summed E-state index contributed by atoms with van der Waals surface area (Å²) in [6.07, 6.45) is 2.43. The molecule has 0 fully saturated rings. The number of benzene rings is 2. The summed E-state index contributed by atoms with van der Waals surface area (Å²) in [5.74, 6) is 0.209. The number of rotatable bonds is 7. The SMILES string of the molecule is CCCOc1ccccc1/C=C(\C#N)C(=O)Nc1ccc(N(C)C)cc1. The van der Waals surface area contributed by atoms with Gasteiger partial charge in [0.05, 0.1) is 6.61 Å². The van der Waals surface area contributed by atoms with Crippen LogP contribution < -0.4 is 15.0 Å². The maximum absolute atomic E-state index is 12.4. The molecule has 0 bridgehead atoms. The Balaban J connectivity index is 2.18. The van der Waals surface area contributed by atoms with E-state index in [0.717, 1.165) is 12.1 Å². The van der Waals surface area contributed by atoms with Gasteiger partial charge in [0.1, 0.15) is 17.4 Å². The highest BCUT2D eigenvalue weighted by Crippen LogP contribution is 2.22. The number of nitrogens with zero attached hydrogens (tertiary/aromatic N) is 2. The normalized spacial score (nSPS) is 10.8. The third-order valence-corrected chi connectivity index (χ3v) is 3.69. The van der Waals surface area contributed by atoms with Gasteiger partial charge in [0.2, 0.25) is 0 Å². The lowest BCUT2D eigenvalue weighted by atomic mass is 10.1. The molecule has 0 saturated carbocycles. The van der Waals surface area contributed by atoms with Crippen LogP contribution in [0.15, 0.2) is 54.1 Å². The molecule has 134 valence electrons. The van der Waals surface area contributed by atoms with Gasteiger partial charge in [0.25, 0.3) is 5.91 Å². The molecule has 0 heterocycles. The lowest BCUT2D eigenvalue weighted by Crippen LogP contribution is -2.14. The Labute approximate surface area is 154 Å². The number of amides is 1. The lowest BCUT2D eigenvalue weighted by molar-refractivity contribution is -0.112. The van der Waals surface area contributed by atoms with Crippen LogP contribution in [0.3, 0.4) is 0 Å². The second-order valence-electron chi connectivity index (χ2n) is 5.95. The van der Waals surface area contributed by atoms with Crippen LogP contribution in [-0.4, -0.2) is 26.6 Å². The van der Waals surface area contributed by atoms with Gasteiger partial charge in [-0.1, -0.05) is 25.1 Å². The Morgan fingerprint density at radius 2 is 1.88 bits per heavy atom. The van der Waals surface area contributed by atoms with Crippen LogP contribution in [0.1, 0.15) is 18.9 Å².